The summed E-state index contributed by atoms with van der Waals surface area (Å²) in [6.07, 6.45) is 0. The van der Waals surface area contributed by atoms with Crippen LogP contribution >= 0.6 is 0 Å². The number of phenols is 1. The topological polar surface area (TPSA) is 89.8 Å². The molecule has 5 rings (SSSR count). The minimum atomic E-state index is 0.126. The molecule has 2 aliphatic rings. The number of anilines is 1. The number of benzene rings is 2. The number of fused-ring (bicyclic) bond motifs is 2. The minimum Gasteiger partial charge on any atom is -0.504 e. The first-order valence-corrected chi connectivity index (χ1v) is 10.1. The molecule has 0 fully saturated rings. The van der Waals surface area contributed by atoms with E-state index in [1.165, 1.54) is 0 Å². The van der Waals surface area contributed by atoms with E-state index in [-0.39, 0.29) is 12.5 Å². The van der Waals surface area contributed by atoms with Gasteiger partial charge in [0.2, 0.25) is 6.79 Å². The monoisotopic (exact) mass is 408 g/mol. The predicted molar refractivity (Wildman–Crippen MR) is 112 cm³/mol. The van der Waals surface area contributed by atoms with Crippen molar-refractivity contribution in [3.8, 4) is 34.3 Å². The maximum atomic E-state index is 10.1. The Labute approximate surface area is 174 Å². The lowest BCUT2D eigenvalue weighted by Gasteiger charge is -2.18. The normalized spacial score (nSPS) is 14.4. The van der Waals surface area contributed by atoms with Crippen molar-refractivity contribution >= 4 is 5.82 Å². The Morgan fingerprint density at radius 1 is 1.20 bits per heavy atom. The third kappa shape index (κ3) is 3.39. The van der Waals surface area contributed by atoms with E-state index >= 15 is 0 Å². The van der Waals surface area contributed by atoms with Gasteiger partial charge >= 0.3 is 0 Å². The Morgan fingerprint density at radius 3 is 3.00 bits per heavy atom. The van der Waals surface area contributed by atoms with Crippen molar-refractivity contribution < 1.29 is 19.3 Å². The van der Waals surface area contributed by atoms with Crippen LogP contribution in [0.2, 0.25) is 0 Å². The highest BCUT2D eigenvalue weighted by molar-refractivity contribution is 5.75. The third-order valence-electron chi connectivity index (χ3n) is 5.27. The maximum absolute atomic E-state index is 10.1. The lowest BCUT2D eigenvalue weighted by atomic mass is 10.1. The van der Waals surface area contributed by atoms with Gasteiger partial charge in [0.05, 0.1) is 13.2 Å². The van der Waals surface area contributed by atoms with E-state index < -0.39 is 0 Å². The number of imidazole rings is 1. The largest absolute Gasteiger partial charge is 0.504 e. The summed E-state index contributed by atoms with van der Waals surface area (Å²) in [6, 6.07) is 11.3. The van der Waals surface area contributed by atoms with E-state index in [1.807, 2.05) is 37.3 Å². The molecule has 8 nitrogen and oxygen atoms in total. The van der Waals surface area contributed by atoms with Crippen LogP contribution in [0.4, 0.5) is 5.82 Å². The SMILES string of the molecule is CCOc1cc(-c2nc3n(c2NCc2ccc4c(c2)OCO4)CCNC3)ccc1O. The Morgan fingerprint density at radius 2 is 2.10 bits per heavy atom. The molecule has 2 aromatic carbocycles. The molecule has 0 saturated carbocycles. The second-order valence-corrected chi connectivity index (χ2v) is 7.21. The number of nitrogens with zero attached hydrogens (tertiary/aromatic N) is 2. The molecule has 30 heavy (non-hydrogen) atoms. The average Bonchev–Trinajstić information content (AvgIpc) is 3.38. The second kappa shape index (κ2) is 7.79. The fourth-order valence-electron chi connectivity index (χ4n) is 3.82. The van der Waals surface area contributed by atoms with Crippen molar-refractivity contribution in [2.75, 3.05) is 25.3 Å². The first kappa shape index (κ1) is 18.6. The fraction of sp³-hybridized carbons (Fsp3) is 0.318. The first-order valence-electron chi connectivity index (χ1n) is 10.1. The Balaban J connectivity index is 1.48. The van der Waals surface area contributed by atoms with E-state index in [0.717, 1.165) is 59.6 Å². The van der Waals surface area contributed by atoms with Crippen LogP contribution < -0.4 is 24.8 Å². The number of phenolic OH excluding ortho intramolecular Hbond substituents is 1. The molecule has 8 heteroatoms. The van der Waals surface area contributed by atoms with Crippen molar-refractivity contribution in [2.45, 2.75) is 26.6 Å². The molecule has 1 aromatic heterocycles. The molecule has 3 N–H and O–H groups in total. The van der Waals surface area contributed by atoms with Crippen molar-refractivity contribution in [1.29, 1.82) is 0 Å². The summed E-state index contributed by atoms with van der Waals surface area (Å²) >= 11 is 0. The van der Waals surface area contributed by atoms with Gasteiger partial charge in [0.1, 0.15) is 17.3 Å². The van der Waals surface area contributed by atoms with Crippen LogP contribution in [0.5, 0.6) is 23.0 Å². The van der Waals surface area contributed by atoms with E-state index in [2.05, 4.69) is 15.2 Å². The van der Waals surface area contributed by atoms with Crippen molar-refractivity contribution in [2.24, 2.45) is 0 Å². The van der Waals surface area contributed by atoms with E-state index in [1.54, 1.807) is 6.07 Å². The van der Waals surface area contributed by atoms with Gasteiger partial charge in [-0.05, 0) is 42.8 Å². The first-order chi connectivity index (χ1) is 14.7. The maximum Gasteiger partial charge on any atom is 0.231 e. The van der Waals surface area contributed by atoms with Crippen LogP contribution in [0, 0.1) is 0 Å². The van der Waals surface area contributed by atoms with E-state index in [9.17, 15) is 5.11 Å². The Hall–Kier alpha value is -3.39. The fourth-order valence-corrected chi connectivity index (χ4v) is 3.82. The quantitative estimate of drug-likeness (QED) is 0.577. The number of hydrogen-bond acceptors (Lipinski definition) is 7. The molecule has 0 radical (unpaired) electrons. The number of rotatable bonds is 6. The summed E-state index contributed by atoms with van der Waals surface area (Å²) in [7, 11) is 0. The zero-order valence-corrected chi connectivity index (χ0v) is 16.8. The standard InChI is InChI=1S/C22H24N4O4/c1-2-28-18-10-15(4-5-16(18)27)21-22(26-8-7-23-12-20(26)25-21)24-11-14-3-6-17-19(9-14)30-13-29-17/h3-6,9-10,23-24,27H,2,7-8,11-13H2,1H3. The molecule has 0 atom stereocenters. The van der Waals surface area contributed by atoms with Gasteiger partial charge in [0, 0.05) is 25.2 Å². The molecule has 0 amide bonds. The molecule has 0 saturated heterocycles. The lowest BCUT2D eigenvalue weighted by Crippen LogP contribution is -2.28. The van der Waals surface area contributed by atoms with Gasteiger partial charge in [-0.1, -0.05) is 6.07 Å². The smallest absolute Gasteiger partial charge is 0.231 e. The average molecular weight is 408 g/mol. The molecular formula is C22H24N4O4. The molecular weight excluding hydrogens is 384 g/mol. The Bertz CT molecular complexity index is 1080. The van der Waals surface area contributed by atoms with Crippen molar-refractivity contribution in [3.63, 3.8) is 0 Å². The zero-order valence-electron chi connectivity index (χ0n) is 16.8. The second-order valence-electron chi connectivity index (χ2n) is 7.21. The highest BCUT2D eigenvalue weighted by atomic mass is 16.7. The van der Waals surface area contributed by atoms with Gasteiger partial charge < -0.3 is 34.5 Å². The summed E-state index contributed by atoms with van der Waals surface area (Å²) in [4.78, 5) is 4.88. The summed E-state index contributed by atoms with van der Waals surface area (Å²) in [5, 5.41) is 17.0. The Kier molecular flexibility index (Phi) is 4.84. The number of hydrogen-bond donors (Lipinski definition) is 3. The lowest BCUT2D eigenvalue weighted by molar-refractivity contribution is 0.174. The molecule has 2 aliphatic heterocycles. The van der Waals surface area contributed by atoms with Crippen LogP contribution in [-0.2, 0) is 19.6 Å². The van der Waals surface area contributed by atoms with Gasteiger partial charge in [-0.3, -0.25) is 0 Å². The number of ether oxygens (including phenoxy) is 3. The molecule has 0 bridgehead atoms. The number of aromatic hydroxyl groups is 1. The molecule has 156 valence electrons. The highest BCUT2D eigenvalue weighted by Gasteiger charge is 2.22. The number of nitrogens with one attached hydrogen (secondary N) is 2. The van der Waals surface area contributed by atoms with Crippen LogP contribution in [0.25, 0.3) is 11.3 Å². The summed E-state index contributed by atoms with van der Waals surface area (Å²) in [6.45, 7) is 5.71. The van der Waals surface area contributed by atoms with E-state index in [0.29, 0.717) is 18.9 Å². The third-order valence-corrected chi connectivity index (χ3v) is 5.27. The summed E-state index contributed by atoms with van der Waals surface area (Å²) in [5.41, 5.74) is 2.83. The highest BCUT2D eigenvalue weighted by Crippen LogP contribution is 2.37. The van der Waals surface area contributed by atoms with Crippen molar-refractivity contribution in [3.05, 3.63) is 47.8 Å². The summed E-state index contributed by atoms with van der Waals surface area (Å²) < 4.78 is 18.7. The number of aromatic nitrogens is 2. The van der Waals surface area contributed by atoms with Crippen LogP contribution in [0.15, 0.2) is 36.4 Å². The van der Waals surface area contributed by atoms with Crippen LogP contribution in [0.1, 0.15) is 18.3 Å². The molecule has 0 unspecified atom stereocenters. The van der Waals surface area contributed by atoms with Crippen LogP contribution in [-0.4, -0.2) is 34.6 Å². The van der Waals surface area contributed by atoms with E-state index in [4.69, 9.17) is 19.2 Å². The molecule has 0 spiro atoms. The zero-order chi connectivity index (χ0) is 20.5. The minimum absolute atomic E-state index is 0.126. The van der Waals surface area contributed by atoms with Gasteiger partial charge in [0.25, 0.3) is 0 Å². The van der Waals surface area contributed by atoms with Gasteiger partial charge in [-0.15, -0.1) is 0 Å². The predicted octanol–water partition coefficient (Wildman–Crippen LogP) is 3.10. The van der Waals surface area contributed by atoms with Gasteiger partial charge in [-0.2, -0.15) is 0 Å². The molecule has 3 aromatic rings. The summed E-state index contributed by atoms with van der Waals surface area (Å²) in [5.74, 6) is 4.07. The van der Waals surface area contributed by atoms with Gasteiger partial charge in [0.15, 0.2) is 23.0 Å². The van der Waals surface area contributed by atoms with Gasteiger partial charge in [-0.25, -0.2) is 4.98 Å². The molecule has 0 aliphatic carbocycles. The van der Waals surface area contributed by atoms with Crippen molar-refractivity contribution in [1.82, 2.24) is 14.9 Å². The molecule has 3 heterocycles. The van der Waals surface area contributed by atoms with Crippen LogP contribution in [0.3, 0.4) is 0 Å².